The fourth-order valence-corrected chi connectivity index (χ4v) is 9.40. The van der Waals surface area contributed by atoms with Gasteiger partial charge in [-0.1, -0.05) is 325 Å². The van der Waals surface area contributed by atoms with Gasteiger partial charge in [-0.2, -0.15) is 0 Å². The van der Waals surface area contributed by atoms with E-state index in [1.165, 1.54) is 135 Å². The maximum Gasteiger partial charge on any atom is 0.306 e. The van der Waals surface area contributed by atoms with Crippen LogP contribution in [0.5, 0.6) is 0 Å². The van der Waals surface area contributed by atoms with E-state index in [0.29, 0.717) is 12.8 Å². The first kappa shape index (κ1) is 79.3. The van der Waals surface area contributed by atoms with Gasteiger partial charge in [0, 0.05) is 12.8 Å². The molecular formula is C79H128O5. The Balaban J connectivity index is 3.54. The molecule has 0 bridgehead atoms. The highest BCUT2D eigenvalue weighted by Gasteiger charge is 2.16. The molecule has 1 unspecified atom stereocenters. The number of aliphatic hydroxyl groups is 1. The van der Waals surface area contributed by atoms with Gasteiger partial charge in [-0.05, 0) is 128 Å². The number of allylic oxidation sites excluding steroid dienone is 28. The Labute approximate surface area is 519 Å². The highest BCUT2D eigenvalue weighted by molar-refractivity contribution is 5.70. The summed E-state index contributed by atoms with van der Waals surface area (Å²) in [6.07, 6.45) is 112. The van der Waals surface area contributed by atoms with E-state index < -0.39 is 6.10 Å². The summed E-state index contributed by atoms with van der Waals surface area (Å²) in [7, 11) is 0. The lowest BCUT2D eigenvalue weighted by molar-refractivity contribution is -0.161. The van der Waals surface area contributed by atoms with E-state index in [9.17, 15) is 14.7 Å². The van der Waals surface area contributed by atoms with Crippen LogP contribution in [0, 0.1) is 0 Å². The standard InChI is InChI=1S/C79H128O5/c1-3-5-7-9-11-13-15-17-19-21-23-25-27-29-31-33-35-37-38-39-40-42-44-46-48-50-52-54-56-58-60-62-64-66-68-70-72-74-79(82)84-77(75-80)76-83-78(81)73-71-69-67-65-63-61-59-57-55-53-51-49-47-45-43-41-36-34-32-30-28-26-24-22-20-18-16-14-12-10-8-6-4-2/h5-8,11-14,17-20,23-26,29-32,35,37,39-40,44,46,50,52,77,80H,3-4,9-10,15-16,21-22,27-28,33-34,36,38,41-43,45,47-49,51,53-76H2,1-2H3/b7-5-,8-6-,13-11-,14-12-,19-17-,20-18-,25-23-,26-24-,31-29-,32-30-,37-35-,40-39-,46-44-,52-50-. The van der Waals surface area contributed by atoms with Gasteiger partial charge in [0.1, 0.15) is 6.61 Å². The first-order valence-corrected chi connectivity index (χ1v) is 34.7. The minimum Gasteiger partial charge on any atom is -0.462 e. The molecule has 0 amide bonds. The normalized spacial score (nSPS) is 13.3. The molecule has 0 radical (unpaired) electrons. The molecule has 0 fully saturated rings. The smallest absolute Gasteiger partial charge is 0.306 e. The zero-order chi connectivity index (χ0) is 60.5. The van der Waals surface area contributed by atoms with E-state index in [-0.39, 0.29) is 25.2 Å². The van der Waals surface area contributed by atoms with Gasteiger partial charge in [0.2, 0.25) is 0 Å². The van der Waals surface area contributed by atoms with Crippen molar-refractivity contribution in [2.75, 3.05) is 13.2 Å². The molecular weight excluding hydrogens is 1030 g/mol. The minimum atomic E-state index is -0.788. The lowest BCUT2D eigenvalue weighted by Gasteiger charge is -2.15. The number of carbonyl (C=O) groups is 2. The number of esters is 2. The second-order valence-electron chi connectivity index (χ2n) is 22.5. The highest BCUT2D eigenvalue weighted by atomic mass is 16.6. The monoisotopic (exact) mass is 1160 g/mol. The van der Waals surface area contributed by atoms with Gasteiger partial charge in [0.15, 0.2) is 6.10 Å². The fourth-order valence-electron chi connectivity index (χ4n) is 9.40. The molecule has 0 aromatic carbocycles. The van der Waals surface area contributed by atoms with Crippen LogP contribution in [0.25, 0.3) is 0 Å². The quantitative estimate of drug-likeness (QED) is 0.0373. The Kier molecular flexibility index (Phi) is 68.4. The van der Waals surface area contributed by atoms with Crippen LogP contribution in [0.1, 0.15) is 296 Å². The highest BCUT2D eigenvalue weighted by Crippen LogP contribution is 2.16. The number of aliphatic hydroxyl groups excluding tert-OH is 1. The van der Waals surface area contributed by atoms with Crippen molar-refractivity contribution in [3.05, 3.63) is 170 Å². The summed E-state index contributed by atoms with van der Waals surface area (Å²) in [6.45, 7) is 3.92. The zero-order valence-corrected chi connectivity index (χ0v) is 54.4. The molecule has 0 aromatic rings. The minimum absolute atomic E-state index is 0.0755. The number of rotatable bonds is 62. The van der Waals surface area contributed by atoms with Crippen LogP contribution in [0.2, 0.25) is 0 Å². The number of hydrogen-bond acceptors (Lipinski definition) is 5. The summed E-state index contributed by atoms with van der Waals surface area (Å²) in [6, 6.07) is 0. The average Bonchev–Trinajstić information content (AvgIpc) is 3.51. The third kappa shape index (κ3) is 69.8. The second-order valence-corrected chi connectivity index (χ2v) is 22.5. The Morgan fingerprint density at radius 2 is 0.476 bits per heavy atom. The molecule has 0 aromatic heterocycles. The summed E-state index contributed by atoms with van der Waals surface area (Å²) in [5.74, 6) is -0.599. The summed E-state index contributed by atoms with van der Waals surface area (Å²) in [4.78, 5) is 24.7. The predicted octanol–water partition coefficient (Wildman–Crippen LogP) is 24.4. The molecule has 84 heavy (non-hydrogen) atoms. The maximum atomic E-state index is 12.4. The van der Waals surface area contributed by atoms with Crippen molar-refractivity contribution >= 4 is 11.9 Å². The van der Waals surface area contributed by atoms with Crippen LogP contribution in [0.3, 0.4) is 0 Å². The summed E-state index contributed by atoms with van der Waals surface area (Å²) < 4.78 is 10.8. The maximum absolute atomic E-state index is 12.4. The Bertz CT molecular complexity index is 1840. The molecule has 0 saturated heterocycles. The van der Waals surface area contributed by atoms with Crippen molar-refractivity contribution in [3.8, 4) is 0 Å². The first-order chi connectivity index (χ1) is 41.6. The summed E-state index contributed by atoms with van der Waals surface area (Å²) in [5, 5.41) is 9.71. The van der Waals surface area contributed by atoms with Crippen molar-refractivity contribution in [2.45, 2.75) is 302 Å². The lowest BCUT2D eigenvalue weighted by atomic mass is 10.0. The van der Waals surface area contributed by atoms with Crippen LogP contribution >= 0.6 is 0 Å². The van der Waals surface area contributed by atoms with Crippen LogP contribution in [0.15, 0.2) is 170 Å². The molecule has 5 nitrogen and oxygen atoms in total. The van der Waals surface area contributed by atoms with Gasteiger partial charge in [0.25, 0.3) is 0 Å². The van der Waals surface area contributed by atoms with Crippen molar-refractivity contribution < 1.29 is 24.2 Å². The number of ether oxygens (including phenoxy) is 2. The van der Waals surface area contributed by atoms with Crippen LogP contribution in [-0.2, 0) is 19.1 Å². The Hall–Kier alpha value is -4.74. The van der Waals surface area contributed by atoms with E-state index in [1.54, 1.807) is 0 Å². The van der Waals surface area contributed by atoms with E-state index >= 15 is 0 Å². The molecule has 1 N–H and O–H groups in total. The van der Waals surface area contributed by atoms with Gasteiger partial charge in [-0.25, -0.2) is 0 Å². The van der Waals surface area contributed by atoms with Crippen LogP contribution in [-0.4, -0.2) is 36.4 Å². The Morgan fingerprint density at radius 3 is 0.714 bits per heavy atom. The third-order valence-electron chi connectivity index (χ3n) is 14.5. The number of hydrogen-bond donors (Lipinski definition) is 1. The second kappa shape index (κ2) is 72.5. The molecule has 474 valence electrons. The van der Waals surface area contributed by atoms with Gasteiger partial charge in [-0.3, -0.25) is 9.59 Å². The van der Waals surface area contributed by atoms with Crippen molar-refractivity contribution in [1.82, 2.24) is 0 Å². The van der Waals surface area contributed by atoms with Crippen LogP contribution < -0.4 is 0 Å². The third-order valence-corrected chi connectivity index (χ3v) is 14.5. The van der Waals surface area contributed by atoms with Crippen LogP contribution in [0.4, 0.5) is 0 Å². The number of carbonyl (C=O) groups excluding carboxylic acids is 2. The lowest BCUT2D eigenvalue weighted by Crippen LogP contribution is -2.28. The molecule has 0 saturated carbocycles. The molecule has 0 aliphatic rings. The number of unbranched alkanes of at least 4 members (excludes halogenated alkanes) is 26. The fraction of sp³-hybridized carbons (Fsp3) is 0.620. The van der Waals surface area contributed by atoms with Crippen molar-refractivity contribution in [1.29, 1.82) is 0 Å². The van der Waals surface area contributed by atoms with E-state index in [0.717, 1.165) is 135 Å². The van der Waals surface area contributed by atoms with E-state index in [1.807, 2.05) is 0 Å². The van der Waals surface area contributed by atoms with Gasteiger partial charge in [-0.15, -0.1) is 0 Å². The van der Waals surface area contributed by atoms with Crippen molar-refractivity contribution in [2.24, 2.45) is 0 Å². The molecule has 1 atom stereocenters. The average molecular weight is 1160 g/mol. The van der Waals surface area contributed by atoms with E-state index in [2.05, 4.69) is 184 Å². The molecule has 0 spiro atoms. The largest absolute Gasteiger partial charge is 0.462 e. The molecule has 0 aliphatic heterocycles. The Morgan fingerprint density at radius 1 is 0.274 bits per heavy atom. The molecule has 0 heterocycles. The van der Waals surface area contributed by atoms with Gasteiger partial charge < -0.3 is 14.6 Å². The zero-order valence-electron chi connectivity index (χ0n) is 54.4. The van der Waals surface area contributed by atoms with Crippen molar-refractivity contribution in [3.63, 3.8) is 0 Å². The summed E-state index contributed by atoms with van der Waals surface area (Å²) in [5.41, 5.74) is 0. The van der Waals surface area contributed by atoms with E-state index in [4.69, 9.17) is 9.47 Å². The molecule has 0 aliphatic carbocycles. The van der Waals surface area contributed by atoms with Gasteiger partial charge in [0.05, 0.1) is 6.61 Å². The topological polar surface area (TPSA) is 72.8 Å². The van der Waals surface area contributed by atoms with Gasteiger partial charge >= 0.3 is 11.9 Å². The summed E-state index contributed by atoms with van der Waals surface area (Å²) >= 11 is 0. The predicted molar refractivity (Wildman–Crippen MR) is 370 cm³/mol. The molecule has 0 rings (SSSR count). The SMILES string of the molecule is CC/C=C\C/C=C\C/C=C\C/C=C\C/C=C\C/C=C\C/C=C\C/C=C\C/C=C\CCCCCCCCCCCC(=O)OC(CO)COC(=O)CCCCCCCCCCCCCCCCCCC/C=C\C/C=C\C/C=C\C/C=C\C/C=C\CC. The first-order valence-electron chi connectivity index (χ1n) is 34.7. The molecule has 5 heteroatoms.